The van der Waals surface area contributed by atoms with Gasteiger partial charge in [0, 0.05) is 25.3 Å². The summed E-state index contributed by atoms with van der Waals surface area (Å²) in [6, 6.07) is 9.35. The minimum absolute atomic E-state index is 0.141. The van der Waals surface area contributed by atoms with Crippen LogP contribution in [0.15, 0.2) is 30.3 Å². The Hall–Kier alpha value is -2.30. The topological polar surface area (TPSA) is 50.2 Å². The largest absolute Gasteiger partial charge is 0.327 e. The highest BCUT2D eigenvalue weighted by Gasteiger charge is 2.24. The number of amides is 2. The Morgan fingerprint density at radius 2 is 1.95 bits per heavy atom. The summed E-state index contributed by atoms with van der Waals surface area (Å²) in [6.07, 6.45) is 4.36. The number of benzene rings is 1. The van der Waals surface area contributed by atoms with E-state index in [0.717, 1.165) is 30.0 Å². The number of anilines is 2. The first kappa shape index (κ1) is 13.7. The number of nitrogens with one attached hydrogen (secondary N) is 1. The van der Waals surface area contributed by atoms with Crippen molar-refractivity contribution in [3.05, 3.63) is 41.6 Å². The van der Waals surface area contributed by atoms with Gasteiger partial charge < -0.3 is 5.32 Å². The highest BCUT2D eigenvalue weighted by atomic mass is 16.2. The number of aryl methyl sites for hydroxylation is 2. The highest BCUT2D eigenvalue weighted by Crippen LogP contribution is 2.29. The third kappa shape index (κ3) is 2.63. The molecule has 1 aliphatic carbocycles. The van der Waals surface area contributed by atoms with Crippen molar-refractivity contribution in [2.45, 2.75) is 25.7 Å². The fourth-order valence-corrected chi connectivity index (χ4v) is 2.91. The summed E-state index contributed by atoms with van der Waals surface area (Å²) in [4.78, 5) is 14.1. The van der Waals surface area contributed by atoms with Crippen LogP contribution < -0.4 is 10.2 Å². The lowest BCUT2D eigenvalue weighted by Gasteiger charge is -2.21. The minimum Gasteiger partial charge on any atom is -0.308 e. The van der Waals surface area contributed by atoms with Crippen LogP contribution in [0, 0.1) is 0 Å². The maximum atomic E-state index is 12.4. The van der Waals surface area contributed by atoms with E-state index in [1.807, 2.05) is 42.1 Å². The second-order valence-corrected chi connectivity index (χ2v) is 5.43. The molecule has 0 atom stereocenters. The normalized spacial score (nSPS) is 13.6. The molecule has 0 saturated heterocycles. The molecule has 1 aliphatic rings. The van der Waals surface area contributed by atoms with Gasteiger partial charge in [0.25, 0.3) is 0 Å². The third-order valence-corrected chi connectivity index (χ3v) is 3.93. The number of carbonyl (C=O) groups excluding carboxylic acids is 1. The monoisotopic (exact) mass is 284 g/mol. The van der Waals surface area contributed by atoms with Gasteiger partial charge in [-0.1, -0.05) is 18.2 Å². The van der Waals surface area contributed by atoms with Crippen molar-refractivity contribution in [3.8, 4) is 0 Å². The first-order valence-corrected chi connectivity index (χ1v) is 7.31. The maximum absolute atomic E-state index is 12.4. The lowest BCUT2D eigenvalue weighted by molar-refractivity contribution is 0.257. The first-order valence-electron chi connectivity index (χ1n) is 7.31. The molecule has 1 N–H and O–H groups in total. The van der Waals surface area contributed by atoms with E-state index in [4.69, 9.17) is 0 Å². The molecule has 21 heavy (non-hydrogen) atoms. The Balaban J connectivity index is 1.83. The zero-order valence-corrected chi connectivity index (χ0v) is 12.5. The summed E-state index contributed by atoms with van der Waals surface area (Å²) < 4.78 is 1.82. The fraction of sp³-hybridized carbons (Fsp3) is 0.375. The lowest BCUT2D eigenvalue weighted by atomic mass is 9.97. The standard InChI is InChI=1S/C16H20N4O/c1-19(16(21)17-12-8-4-3-5-9-12)15-13-10-6-7-11-14(13)18-20(15)2/h3-5,8-9H,6-7,10-11H2,1-2H3,(H,17,21). The van der Waals surface area contributed by atoms with Gasteiger partial charge in [-0.2, -0.15) is 5.10 Å². The Bertz CT molecular complexity index is 648. The molecule has 1 aromatic carbocycles. The Morgan fingerprint density at radius 1 is 1.24 bits per heavy atom. The van der Waals surface area contributed by atoms with E-state index in [1.54, 1.807) is 11.9 Å². The van der Waals surface area contributed by atoms with Gasteiger partial charge in [0.1, 0.15) is 5.82 Å². The average molecular weight is 284 g/mol. The van der Waals surface area contributed by atoms with Crippen LogP contribution in [0.1, 0.15) is 24.1 Å². The third-order valence-electron chi connectivity index (χ3n) is 3.93. The van der Waals surface area contributed by atoms with Crippen LogP contribution in [0.25, 0.3) is 0 Å². The summed E-state index contributed by atoms with van der Waals surface area (Å²) in [5, 5.41) is 7.47. The molecule has 1 aromatic heterocycles. The van der Waals surface area contributed by atoms with Gasteiger partial charge >= 0.3 is 6.03 Å². The van der Waals surface area contributed by atoms with Crippen molar-refractivity contribution in [2.24, 2.45) is 7.05 Å². The second-order valence-electron chi connectivity index (χ2n) is 5.43. The van der Waals surface area contributed by atoms with E-state index < -0.39 is 0 Å². The van der Waals surface area contributed by atoms with E-state index >= 15 is 0 Å². The molecule has 1 heterocycles. The van der Waals surface area contributed by atoms with E-state index in [9.17, 15) is 4.79 Å². The van der Waals surface area contributed by atoms with E-state index in [1.165, 1.54) is 18.4 Å². The van der Waals surface area contributed by atoms with Crippen molar-refractivity contribution in [3.63, 3.8) is 0 Å². The first-order chi connectivity index (χ1) is 10.2. The smallest absolute Gasteiger partial charge is 0.308 e. The molecule has 0 fully saturated rings. The number of nitrogens with zero attached hydrogens (tertiary/aromatic N) is 3. The summed E-state index contributed by atoms with van der Waals surface area (Å²) in [6.45, 7) is 0. The number of aromatic nitrogens is 2. The molecule has 0 saturated carbocycles. The fourth-order valence-electron chi connectivity index (χ4n) is 2.91. The Kier molecular flexibility index (Phi) is 3.64. The van der Waals surface area contributed by atoms with Gasteiger partial charge in [-0.15, -0.1) is 0 Å². The van der Waals surface area contributed by atoms with Crippen molar-refractivity contribution >= 4 is 17.5 Å². The zero-order valence-electron chi connectivity index (χ0n) is 12.5. The number of urea groups is 1. The SMILES string of the molecule is CN(C(=O)Nc1ccccc1)c1c2c(nn1C)CCCC2. The number of hydrogen-bond donors (Lipinski definition) is 1. The van der Waals surface area contributed by atoms with E-state index in [-0.39, 0.29) is 6.03 Å². The maximum Gasteiger partial charge on any atom is 0.327 e. The molecule has 2 aromatic rings. The Morgan fingerprint density at radius 3 is 2.71 bits per heavy atom. The summed E-state index contributed by atoms with van der Waals surface area (Å²) in [5.41, 5.74) is 3.15. The molecule has 0 unspecified atom stereocenters. The van der Waals surface area contributed by atoms with Gasteiger partial charge in [0.15, 0.2) is 0 Å². The van der Waals surface area contributed by atoms with Gasteiger partial charge in [-0.3, -0.25) is 9.58 Å². The van der Waals surface area contributed by atoms with Crippen molar-refractivity contribution in [2.75, 3.05) is 17.3 Å². The van der Waals surface area contributed by atoms with Crippen LogP contribution in [0.4, 0.5) is 16.3 Å². The highest BCUT2D eigenvalue weighted by molar-refractivity contribution is 6.01. The van der Waals surface area contributed by atoms with Crippen LogP contribution in [0.3, 0.4) is 0 Å². The van der Waals surface area contributed by atoms with Crippen LogP contribution in [-0.2, 0) is 19.9 Å². The van der Waals surface area contributed by atoms with Crippen LogP contribution in [-0.4, -0.2) is 22.9 Å². The molecule has 5 nitrogen and oxygen atoms in total. The molecule has 0 bridgehead atoms. The minimum atomic E-state index is -0.141. The molecular formula is C16H20N4O. The quantitative estimate of drug-likeness (QED) is 0.921. The van der Waals surface area contributed by atoms with Crippen molar-refractivity contribution in [1.29, 1.82) is 0 Å². The lowest BCUT2D eigenvalue weighted by Crippen LogP contribution is -2.33. The number of rotatable bonds is 2. The van der Waals surface area contributed by atoms with Crippen molar-refractivity contribution < 1.29 is 4.79 Å². The molecule has 3 rings (SSSR count). The number of para-hydroxylation sites is 1. The van der Waals surface area contributed by atoms with Crippen molar-refractivity contribution in [1.82, 2.24) is 9.78 Å². The number of fused-ring (bicyclic) bond motifs is 1. The molecule has 0 aliphatic heterocycles. The number of carbonyl (C=O) groups is 1. The summed E-state index contributed by atoms with van der Waals surface area (Å²) in [5.74, 6) is 0.901. The van der Waals surface area contributed by atoms with E-state index in [0.29, 0.717) is 0 Å². The molecule has 2 amide bonds. The van der Waals surface area contributed by atoms with Crippen LogP contribution >= 0.6 is 0 Å². The Labute approximate surface area is 124 Å². The predicted molar refractivity (Wildman–Crippen MR) is 83.7 cm³/mol. The second kappa shape index (κ2) is 5.60. The van der Waals surface area contributed by atoms with Crippen LogP contribution in [0.2, 0.25) is 0 Å². The van der Waals surface area contributed by atoms with E-state index in [2.05, 4.69) is 10.4 Å². The molecular weight excluding hydrogens is 264 g/mol. The molecule has 0 spiro atoms. The van der Waals surface area contributed by atoms with Gasteiger partial charge in [0.2, 0.25) is 0 Å². The molecule has 5 heteroatoms. The summed E-state index contributed by atoms with van der Waals surface area (Å²) in [7, 11) is 3.70. The average Bonchev–Trinajstić information content (AvgIpc) is 2.83. The zero-order chi connectivity index (χ0) is 14.8. The number of hydrogen-bond acceptors (Lipinski definition) is 2. The van der Waals surface area contributed by atoms with Gasteiger partial charge in [-0.05, 0) is 37.8 Å². The molecule has 110 valence electrons. The molecule has 0 radical (unpaired) electrons. The van der Waals surface area contributed by atoms with Gasteiger partial charge in [-0.25, -0.2) is 4.79 Å². The predicted octanol–water partition coefficient (Wildman–Crippen LogP) is 2.97. The van der Waals surface area contributed by atoms with Gasteiger partial charge in [0.05, 0.1) is 5.69 Å². The van der Waals surface area contributed by atoms with Crippen LogP contribution in [0.5, 0.6) is 0 Å². The summed E-state index contributed by atoms with van der Waals surface area (Å²) >= 11 is 0.